The fourth-order valence-corrected chi connectivity index (χ4v) is 5.52. The minimum Gasteiger partial charge on any atom is -0.384 e. The van der Waals surface area contributed by atoms with Gasteiger partial charge < -0.3 is 10.6 Å². The van der Waals surface area contributed by atoms with Gasteiger partial charge in [-0.15, -0.1) is 0 Å². The van der Waals surface area contributed by atoms with E-state index < -0.39 is 5.41 Å². The zero-order valence-electron chi connectivity index (χ0n) is 17.8. The maximum absolute atomic E-state index is 13.9. The molecule has 0 radical (unpaired) electrons. The molecule has 2 aliphatic heterocycles. The Kier molecular flexibility index (Phi) is 4.44. The minimum absolute atomic E-state index is 0.0766. The SMILES string of the molecule is Cc1c(Cl)cccc1N1C(N)=C(C#N)[C@]2(C(=O)N(C)c3ccccc32)C2=C1CCCC2=O. The standard InChI is InChI=1S/C25H21ClN4O2/c1-14-17(26)8-5-10-18(14)30-20-11-6-12-21(31)22(20)25(16(13-27)23(30)28)15-7-3-4-9-19(15)29(2)24(25)32/h3-5,7-10H,6,11-12,28H2,1-2H3/t25-/m0/s1. The van der Waals surface area contributed by atoms with E-state index >= 15 is 0 Å². The van der Waals surface area contributed by atoms with Crippen molar-refractivity contribution in [1.29, 1.82) is 5.26 Å². The monoisotopic (exact) mass is 444 g/mol. The number of fused-ring (bicyclic) bond motifs is 3. The number of para-hydroxylation sites is 1. The summed E-state index contributed by atoms with van der Waals surface area (Å²) in [5.74, 6) is -0.303. The Hall–Kier alpha value is -3.56. The molecule has 7 heteroatoms. The van der Waals surface area contributed by atoms with E-state index in [-0.39, 0.29) is 23.1 Å². The third-order valence-corrected chi connectivity index (χ3v) is 7.20. The average Bonchev–Trinajstić information content (AvgIpc) is 3.00. The molecule has 0 unspecified atom stereocenters. The highest BCUT2D eigenvalue weighted by Crippen LogP contribution is 2.56. The number of benzene rings is 2. The molecule has 32 heavy (non-hydrogen) atoms. The number of likely N-dealkylation sites (N-methyl/N-ethyl adjacent to an activating group) is 1. The quantitative estimate of drug-likeness (QED) is 0.715. The lowest BCUT2D eigenvalue weighted by atomic mass is 9.63. The highest BCUT2D eigenvalue weighted by molar-refractivity contribution is 6.31. The number of carbonyl (C=O) groups is 2. The first-order chi connectivity index (χ1) is 15.4. The summed E-state index contributed by atoms with van der Waals surface area (Å²) in [5.41, 5.74) is 9.04. The molecule has 1 spiro atoms. The van der Waals surface area contributed by atoms with Crippen LogP contribution in [0.5, 0.6) is 0 Å². The molecular formula is C25H21ClN4O2. The molecule has 2 N–H and O–H groups in total. The van der Waals surface area contributed by atoms with Crippen LogP contribution in [0.1, 0.15) is 30.4 Å². The lowest BCUT2D eigenvalue weighted by Crippen LogP contribution is -2.52. The Labute approximate surface area is 191 Å². The number of nitrogens with two attached hydrogens (primary N) is 1. The summed E-state index contributed by atoms with van der Waals surface area (Å²) >= 11 is 6.39. The van der Waals surface area contributed by atoms with Crippen molar-refractivity contribution in [3.05, 3.63) is 81.3 Å². The minimum atomic E-state index is -1.53. The molecule has 1 atom stereocenters. The number of ketones is 1. The number of amides is 1. The van der Waals surface area contributed by atoms with Crippen LogP contribution in [0.25, 0.3) is 0 Å². The number of allylic oxidation sites excluding steroid dienone is 1. The van der Waals surface area contributed by atoms with Gasteiger partial charge in [0.2, 0.25) is 5.91 Å². The second-order valence-electron chi connectivity index (χ2n) is 8.32. The highest BCUT2D eigenvalue weighted by Gasteiger charge is 2.61. The summed E-state index contributed by atoms with van der Waals surface area (Å²) < 4.78 is 0. The van der Waals surface area contributed by atoms with Crippen LogP contribution < -0.4 is 15.5 Å². The predicted octanol–water partition coefficient (Wildman–Crippen LogP) is 4.08. The van der Waals surface area contributed by atoms with Crippen molar-refractivity contribution in [3.63, 3.8) is 0 Å². The van der Waals surface area contributed by atoms with Crippen LogP contribution in [-0.4, -0.2) is 18.7 Å². The van der Waals surface area contributed by atoms with Crippen LogP contribution in [-0.2, 0) is 15.0 Å². The lowest BCUT2D eigenvalue weighted by Gasteiger charge is -2.44. The zero-order chi connectivity index (χ0) is 22.8. The van der Waals surface area contributed by atoms with Crippen LogP contribution in [0.3, 0.4) is 0 Å². The Morgan fingerprint density at radius 2 is 1.81 bits per heavy atom. The van der Waals surface area contributed by atoms with Gasteiger partial charge in [-0.2, -0.15) is 5.26 Å². The van der Waals surface area contributed by atoms with Crippen molar-refractivity contribution in [2.75, 3.05) is 16.8 Å². The fourth-order valence-electron chi connectivity index (χ4n) is 5.35. The smallest absolute Gasteiger partial charge is 0.247 e. The fraction of sp³-hybridized carbons (Fsp3) is 0.240. The Bertz CT molecular complexity index is 1320. The molecule has 0 saturated heterocycles. The number of rotatable bonds is 1. The largest absolute Gasteiger partial charge is 0.384 e. The maximum atomic E-state index is 13.9. The van der Waals surface area contributed by atoms with E-state index in [2.05, 4.69) is 6.07 Å². The molecule has 1 aliphatic carbocycles. The third-order valence-electron chi connectivity index (χ3n) is 6.79. The first kappa shape index (κ1) is 20.3. The lowest BCUT2D eigenvalue weighted by molar-refractivity contribution is -0.124. The summed E-state index contributed by atoms with van der Waals surface area (Å²) in [5, 5.41) is 10.9. The zero-order valence-corrected chi connectivity index (χ0v) is 18.5. The molecule has 0 saturated carbocycles. The summed E-state index contributed by atoms with van der Waals surface area (Å²) in [6.45, 7) is 1.87. The third kappa shape index (κ3) is 2.34. The number of hydrogen-bond donors (Lipinski definition) is 1. The average molecular weight is 445 g/mol. The van der Waals surface area contributed by atoms with Gasteiger partial charge >= 0.3 is 0 Å². The van der Waals surface area contributed by atoms with Crippen LogP contribution in [0.4, 0.5) is 11.4 Å². The van der Waals surface area contributed by atoms with Crippen molar-refractivity contribution in [2.45, 2.75) is 31.6 Å². The van der Waals surface area contributed by atoms with Crippen LogP contribution in [0.15, 0.2) is 65.1 Å². The molecule has 0 aromatic heterocycles. The van der Waals surface area contributed by atoms with Crippen molar-refractivity contribution in [3.8, 4) is 6.07 Å². The molecule has 1 amide bonds. The number of nitrogens with zero attached hydrogens (tertiary/aromatic N) is 3. The Morgan fingerprint density at radius 3 is 2.56 bits per heavy atom. The molecule has 2 heterocycles. The molecule has 5 rings (SSSR count). The maximum Gasteiger partial charge on any atom is 0.247 e. The number of halogens is 1. The van der Waals surface area contributed by atoms with E-state index in [4.69, 9.17) is 17.3 Å². The van der Waals surface area contributed by atoms with Gasteiger partial charge in [-0.3, -0.25) is 14.5 Å². The second kappa shape index (κ2) is 6.98. The van der Waals surface area contributed by atoms with Gasteiger partial charge in [-0.25, -0.2) is 0 Å². The molecule has 160 valence electrons. The molecule has 3 aliphatic rings. The van der Waals surface area contributed by atoms with E-state index in [1.165, 1.54) is 4.90 Å². The Balaban J connectivity index is 1.92. The second-order valence-corrected chi connectivity index (χ2v) is 8.73. The normalized spacial score (nSPS) is 22.4. The van der Waals surface area contributed by atoms with Crippen molar-refractivity contribution < 1.29 is 9.59 Å². The summed E-state index contributed by atoms with van der Waals surface area (Å²) in [7, 11) is 1.67. The molecule has 2 aromatic rings. The van der Waals surface area contributed by atoms with Crippen LogP contribution in [0, 0.1) is 18.3 Å². The summed E-state index contributed by atoms with van der Waals surface area (Å²) in [4.78, 5) is 30.6. The molecule has 0 fully saturated rings. The van der Waals surface area contributed by atoms with Crippen LogP contribution >= 0.6 is 11.6 Å². The molecule has 0 bridgehead atoms. The summed E-state index contributed by atoms with van der Waals surface area (Å²) in [6, 6.07) is 15.0. The number of nitriles is 1. The van der Waals surface area contributed by atoms with Gasteiger partial charge in [0.05, 0.1) is 11.3 Å². The number of hydrogen-bond acceptors (Lipinski definition) is 5. The van der Waals surface area contributed by atoms with Crippen molar-refractivity contribution in [2.24, 2.45) is 5.73 Å². The molecule has 6 nitrogen and oxygen atoms in total. The van der Waals surface area contributed by atoms with Gasteiger partial charge in [0.25, 0.3) is 0 Å². The van der Waals surface area contributed by atoms with Gasteiger partial charge in [0, 0.05) is 41.0 Å². The molecule has 2 aromatic carbocycles. The van der Waals surface area contributed by atoms with Crippen molar-refractivity contribution in [1.82, 2.24) is 0 Å². The highest BCUT2D eigenvalue weighted by atomic mass is 35.5. The first-order valence-electron chi connectivity index (χ1n) is 10.5. The van der Waals surface area contributed by atoms with Gasteiger partial charge in [-0.1, -0.05) is 35.9 Å². The van der Waals surface area contributed by atoms with E-state index in [1.807, 2.05) is 43.3 Å². The molecular weight excluding hydrogens is 424 g/mol. The van der Waals surface area contributed by atoms with E-state index in [0.29, 0.717) is 52.5 Å². The van der Waals surface area contributed by atoms with Crippen LogP contribution in [0.2, 0.25) is 5.02 Å². The van der Waals surface area contributed by atoms with E-state index in [9.17, 15) is 14.9 Å². The number of Topliss-reactive ketones (excluding diaryl/α,β-unsaturated/α-hetero) is 1. The Morgan fingerprint density at radius 1 is 1.09 bits per heavy atom. The van der Waals surface area contributed by atoms with Gasteiger partial charge in [-0.05, 0) is 43.5 Å². The van der Waals surface area contributed by atoms with Crippen molar-refractivity contribution >= 4 is 34.7 Å². The van der Waals surface area contributed by atoms with E-state index in [0.717, 1.165) is 5.56 Å². The predicted molar refractivity (Wildman–Crippen MR) is 123 cm³/mol. The van der Waals surface area contributed by atoms with Gasteiger partial charge in [0.1, 0.15) is 17.3 Å². The van der Waals surface area contributed by atoms with Gasteiger partial charge in [0.15, 0.2) is 5.78 Å². The number of carbonyl (C=O) groups excluding carboxylic acids is 2. The first-order valence-corrected chi connectivity index (χ1v) is 10.8. The summed E-state index contributed by atoms with van der Waals surface area (Å²) in [6.07, 6.45) is 1.53. The topological polar surface area (TPSA) is 90.4 Å². The van der Waals surface area contributed by atoms with E-state index in [1.54, 1.807) is 18.0 Å². The number of anilines is 2.